The maximum atomic E-state index is 11.9. The number of carbonyl (C=O) groups excluding carboxylic acids is 3. The van der Waals surface area contributed by atoms with E-state index in [1.54, 1.807) is 57.1 Å². The highest BCUT2D eigenvalue weighted by Crippen LogP contribution is 2.23. The molecule has 0 heterocycles. The summed E-state index contributed by atoms with van der Waals surface area (Å²) in [5.74, 6) is -0.291. The van der Waals surface area contributed by atoms with Crippen LogP contribution in [-0.2, 0) is 24.4 Å². The summed E-state index contributed by atoms with van der Waals surface area (Å²) < 4.78 is 26.1. The normalized spacial score (nSPS) is 11.1. The van der Waals surface area contributed by atoms with Crippen molar-refractivity contribution in [2.75, 3.05) is 27.2 Å². The van der Waals surface area contributed by atoms with Gasteiger partial charge in [0.15, 0.2) is 0 Å². The first-order valence-electron chi connectivity index (χ1n) is 10.5. The molecular formula is C24H32ClN3O5S. The molecule has 2 aromatic carbocycles. The van der Waals surface area contributed by atoms with Gasteiger partial charge >= 0.3 is 0 Å². The summed E-state index contributed by atoms with van der Waals surface area (Å²) in [5.41, 5.74) is 1.07. The number of hydrogen-bond donors (Lipinski definition) is 1. The maximum absolute atomic E-state index is 11.9. The lowest BCUT2D eigenvalue weighted by molar-refractivity contribution is -0.144. The van der Waals surface area contributed by atoms with E-state index < -0.39 is 15.6 Å². The van der Waals surface area contributed by atoms with Crippen molar-refractivity contribution in [1.82, 2.24) is 14.5 Å². The van der Waals surface area contributed by atoms with Crippen molar-refractivity contribution in [3.63, 3.8) is 0 Å². The van der Waals surface area contributed by atoms with Crippen LogP contribution in [0.15, 0.2) is 53.4 Å². The van der Waals surface area contributed by atoms with E-state index in [2.05, 4.69) is 4.72 Å². The molecule has 0 unspecified atom stereocenters. The standard InChI is InChI=1S/C15H14ClNO3S.C9H18N2O2/c1-11(18)10-17-21(19,20)15-8-4-13(5-9-15)12-2-6-14(16)7-3-12;1-6-10(4)8(13)9(2,3)11(5)7-12/h2-9,17H,10H2,1H3;7H,6H2,1-5H3. The lowest BCUT2D eigenvalue weighted by Crippen LogP contribution is -2.53. The number of hydrogen-bond acceptors (Lipinski definition) is 5. The molecule has 8 nitrogen and oxygen atoms in total. The molecule has 0 aromatic heterocycles. The third kappa shape index (κ3) is 8.23. The highest BCUT2D eigenvalue weighted by molar-refractivity contribution is 7.89. The molecule has 0 aliphatic heterocycles. The molecule has 0 saturated carbocycles. The Labute approximate surface area is 206 Å². The Bertz CT molecular complexity index is 1080. The molecule has 1 N–H and O–H groups in total. The van der Waals surface area contributed by atoms with Crippen LogP contribution < -0.4 is 4.72 Å². The Morgan fingerprint density at radius 1 is 1.00 bits per heavy atom. The van der Waals surface area contributed by atoms with Crippen LogP contribution in [0.2, 0.25) is 5.02 Å². The summed E-state index contributed by atoms with van der Waals surface area (Å²) in [4.78, 5) is 36.2. The first-order chi connectivity index (χ1) is 15.8. The number of ketones is 1. The zero-order valence-corrected chi connectivity index (χ0v) is 21.9. The van der Waals surface area contributed by atoms with E-state index >= 15 is 0 Å². The molecule has 0 bridgehead atoms. The van der Waals surface area contributed by atoms with Gasteiger partial charge in [-0.3, -0.25) is 14.4 Å². The Morgan fingerprint density at radius 3 is 1.88 bits per heavy atom. The summed E-state index contributed by atoms with van der Waals surface area (Å²) in [5, 5.41) is 0.645. The smallest absolute Gasteiger partial charge is 0.247 e. The number of benzene rings is 2. The summed E-state index contributed by atoms with van der Waals surface area (Å²) in [6, 6.07) is 13.7. The van der Waals surface area contributed by atoms with Crippen molar-refractivity contribution in [2.24, 2.45) is 0 Å². The second-order valence-electron chi connectivity index (χ2n) is 8.15. The number of amides is 2. The van der Waals surface area contributed by atoms with Gasteiger partial charge < -0.3 is 9.80 Å². The maximum Gasteiger partial charge on any atom is 0.247 e. The quantitative estimate of drug-likeness (QED) is 0.523. The third-order valence-electron chi connectivity index (χ3n) is 5.24. The molecule has 0 spiro atoms. The predicted octanol–water partition coefficient (Wildman–Crippen LogP) is 3.21. The number of likely N-dealkylation sites (N-methyl/N-ethyl adjacent to an activating group) is 2. The van der Waals surface area contributed by atoms with Crippen LogP contribution in [0, 0.1) is 0 Å². The highest BCUT2D eigenvalue weighted by Gasteiger charge is 2.33. The monoisotopic (exact) mass is 509 g/mol. The van der Waals surface area contributed by atoms with Gasteiger partial charge in [-0.2, -0.15) is 0 Å². The third-order valence-corrected chi connectivity index (χ3v) is 6.91. The Balaban J connectivity index is 0.000000385. The molecule has 0 radical (unpaired) electrons. The van der Waals surface area contributed by atoms with E-state index in [0.717, 1.165) is 11.1 Å². The van der Waals surface area contributed by atoms with E-state index in [4.69, 9.17) is 11.6 Å². The number of nitrogens with zero attached hydrogens (tertiary/aromatic N) is 2. The van der Waals surface area contributed by atoms with Crippen molar-refractivity contribution in [3.8, 4) is 11.1 Å². The van der Waals surface area contributed by atoms with E-state index in [-0.39, 0.29) is 23.1 Å². The minimum atomic E-state index is -3.65. The van der Waals surface area contributed by atoms with Gasteiger partial charge in [0.1, 0.15) is 11.3 Å². The van der Waals surface area contributed by atoms with Crippen LogP contribution >= 0.6 is 11.6 Å². The summed E-state index contributed by atoms with van der Waals surface area (Å²) in [7, 11) is -0.322. The zero-order chi connectivity index (χ0) is 26.1. The van der Waals surface area contributed by atoms with Gasteiger partial charge in [-0.05, 0) is 63.1 Å². The lowest BCUT2D eigenvalue weighted by Gasteiger charge is -2.34. The van der Waals surface area contributed by atoms with Crippen LogP contribution in [0.5, 0.6) is 0 Å². The number of halogens is 1. The van der Waals surface area contributed by atoms with Gasteiger partial charge in [-0.25, -0.2) is 13.1 Å². The molecule has 0 aliphatic carbocycles. The molecule has 2 aromatic rings. The molecule has 2 amide bonds. The van der Waals surface area contributed by atoms with E-state index in [1.165, 1.54) is 24.0 Å². The number of sulfonamides is 1. The molecule has 34 heavy (non-hydrogen) atoms. The summed E-state index contributed by atoms with van der Waals surface area (Å²) in [6.07, 6.45) is 0.668. The van der Waals surface area contributed by atoms with Gasteiger partial charge in [0.2, 0.25) is 22.3 Å². The first-order valence-corrected chi connectivity index (χ1v) is 12.4. The number of Topliss-reactive ketones (excluding diaryl/α,β-unsaturated/α-hetero) is 1. The molecule has 0 fully saturated rings. The number of carbonyl (C=O) groups is 3. The lowest BCUT2D eigenvalue weighted by atomic mass is 10.0. The van der Waals surface area contributed by atoms with Crippen molar-refractivity contribution >= 4 is 39.7 Å². The predicted molar refractivity (Wildman–Crippen MR) is 134 cm³/mol. The molecule has 186 valence electrons. The SMILES string of the molecule is CC(=O)CNS(=O)(=O)c1ccc(-c2ccc(Cl)cc2)cc1.CCN(C)C(=O)C(C)(C)N(C)C=O. The highest BCUT2D eigenvalue weighted by atomic mass is 35.5. The van der Waals surface area contributed by atoms with Crippen molar-refractivity contribution in [3.05, 3.63) is 53.6 Å². The fourth-order valence-corrected chi connectivity index (χ4v) is 3.82. The molecule has 0 saturated heterocycles. The topological polar surface area (TPSA) is 104 Å². The van der Waals surface area contributed by atoms with E-state index in [9.17, 15) is 22.8 Å². The van der Waals surface area contributed by atoms with Gasteiger partial charge in [0, 0.05) is 25.7 Å². The van der Waals surface area contributed by atoms with Crippen molar-refractivity contribution < 1.29 is 22.8 Å². The Morgan fingerprint density at radius 2 is 1.47 bits per heavy atom. The molecular weight excluding hydrogens is 478 g/mol. The minimum Gasteiger partial charge on any atom is -0.344 e. The first kappa shape index (κ1) is 29.3. The van der Waals surface area contributed by atoms with Crippen LogP contribution in [0.1, 0.15) is 27.7 Å². The van der Waals surface area contributed by atoms with Crippen LogP contribution in [0.4, 0.5) is 0 Å². The fourth-order valence-electron chi connectivity index (χ4n) is 2.64. The number of nitrogens with one attached hydrogen (secondary N) is 1. The van der Waals surface area contributed by atoms with E-state index in [1.807, 2.05) is 19.1 Å². The molecule has 10 heteroatoms. The van der Waals surface area contributed by atoms with Gasteiger partial charge in [0.25, 0.3) is 0 Å². The molecule has 0 atom stereocenters. The molecule has 0 aliphatic rings. The van der Waals surface area contributed by atoms with Gasteiger partial charge in [-0.15, -0.1) is 0 Å². The van der Waals surface area contributed by atoms with Crippen LogP contribution in [-0.4, -0.2) is 69.0 Å². The van der Waals surface area contributed by atoms with Crippen LogP contribution in [0.3, 0.4) is 0 Å². The minimum absolute atomic E-state index is 0.0513. The van der Waals surface area contributed by atoms with E-state index in [0.29, 0.717) is 18.0 Å². The van der Waals surface area contributed by atoms with Gasteiger partial charge in [0.05, 0.1) is 11.4 Å². The fraction of sp³-hybridized carbons (Fsp3) is 0.375. The summed E-state index contributed by atoms with van der Waals surface area (Å²) in [6.45, 7) is 7.13. The van der Waals surface area contributed by atoms with Crippen molar-refractivity contribution in [1.29, 1.82) is 0 Å². The Kier molecular flexibility index (Phi) is 10.9. The zero-order valence-electron chi connectivity index (χ0n) is 20.3. The average Bonchev–Trinajstić information content (AvgIpc) is 2.82. The van der Waals surface area contributed by atoms with Crippen molar-refractivity contribution in [2.45, 2.75) is 38.1 Å². The van der Waals surface area contributed by atoms with Crippen LogP contribution in [0.25, 0.3) is 11.1 Å². The summed E-state index contributed by atoms with van der Waals surface area (Å²) >= 11 is 5.83. The number of rotatable bonds is 9. The second-order valence-corrected chi connectivity index (χ2v) is 10.4. The Hall–Kier alpha value is -2.75. The molecule has 2 rings (SSSR count). The van der Waals surface area contributed by atoms with Gasteiger partial charge in [-0.1, -0.05) is 35.9 Å². The average molecular weight is 510 g/mol. The second kappa shape index (κ2) is 12.6. The largest absolute Gasteiger partial charge is 0.344 e.